The van der Waals surface area contributed by atoms with E-state index in [0.29, 0.717) is 6.04 Å². The molecule has 1 aromatic carbocycles. The van der Waals surface area contributed by atoms with Gasteiger partial charge in [-0.3, -0.25) is 0 Å². The Kier molecular flexibility index (Phi) is 5.64. The minimum Gasteiger partial charge on any atom is -0.309 e. The normalized spacial score (nSPS) is 12.7. The van der Waals surface area contributed by atoms with Gasteiger partial charge in [0.15, 0.2) is 0 Å². The van der Waals surface area contributed by atoms with Crippen molar-refractivity contribution in [2.24, 2.45) is 0 Å². The molecule has 0 fully saturated rings. The summed E-state index contributed by atoms with van der Waals surface area (Å²) in [7, 11) is 0. The molecule has 21 heavy (non-hydrogen) atoms. The number of benzene rings is 1. The SMILES string of the molecule is CCNC(Cc1c(C)cc(C)cc1C)c1cc(C)c(Br)s1. The first-order valence-electron chi connectivity index (χ1n) is 7.48. The van der Waals surface area contributed by atoms with Crippen LogP contribution in [0.25, 0.3) is 0 Å². The predicted molar refractivity (Wildman–Crippen MR) is 97.5 cm³/mol. The summed E-state index contributed by atoms with van der Waals surface area (Å²) in [5.74, 6) is 0. The second-order valence-corrected chi connectivity index (χ2v) is 8.20. The summed E-state index contributed by atoms with van der Waals surface area (Å²) in [6.45, 7) is 12.0. The Morgan fingerprint density at radius 3 is 2.14 bits per heavy atom. The number of aryl methyl sites for hydroxylation is 4. The molecule has 0 bridgehead atoms. The Labute approximate surface area is 140 Å². The molecule has 1 N–H and O–H groups in total. The number of thiophene rings is 1. The zero-order valence-electron chi connectivity index (χ0n) is 13.5. The highest BCUT2D eigenvalue weighted by atomic mass is 79.9. The topological polar surface area (TPSA) is 12.0 Å². The smallest absolute Gasteiger partial charge is 0.0731 e. The third kappa shape index (κ3) is 3.97. The first-order valence-corrected chi connectivity index (χ1v) is 9.09. The van der Waals surface area contributed by atoms with Crippen molar-refractivity contribution in [1.29, 1.82) is 0 Å². The maximum atomic E-state index is 3.65. The Balaban J connectivity index is 2.32. The lowest BCUT2D eigenvalue weighted by molar-refractivity contribution is 0.555. The average molecular weight is 366 g/mol. The Morgan fingerprint density at radius 2 is 1.67 bits per heavy atom. The van der Waals surface area contributed by atoms with Crippen molar-refractivity contribution >= 4 is 27.3 Å². The van der Waals surface area contributed by atoms with E-state index in [1.807, 2.05) is 11.3 Å². The van der Waals surface area contributed by atoms with Gasteiger partial charge in [0, 0.05) is 10.9 Å². The van der Waals surface area contributed by atoms with E-state index >= 15 is 0 Å². The van der Waals surface area contributed by atoms with Crippen LogP contribution in [0.5, 0.6) is 0 Å². The lowest BCUT2D eigenvalue weighted by atomic mass is 9.94. The van der Waals surface area contributed by atoms with Crippen molar-refractivity contribution < 1.29 is 0 Å². The van der Waals surface area contributed by atoms with Gasteiger partial charge in [-0.25, -0.2) is 0 Å². The largest absolute Gasteiger partial charge is 0.309 e. The third-order valence-corrected chi connectivity index (χ3v) is 6.17. The van der Waals surface area contributed by atoms with Gasteiger partial charge in [-0.2, -0.15) is 0 Å². The molecule has 114 valence electrons. The molecule has 0 saturated carbocycles. The maximum absolute atomic E-state index is 3.65. The molecule has 2 rings (SSSR count). The van der Waals surface area contributed by atoms with Crippen LogP contribution in [0.15, 0.2) is 22.0 Å². The first kappa shape index (κ1) is 16.7. The Bertz CT molecular complexity index is 588. The Hall–Kier alpha value is -0.640. The van der Waals surface area contributed by atoms with Gasteiger partial charge in [0.2, 0.25) is 0 Å². The van der Waals surface area contributed by atoms with E-state index < -0.39 is 0 Å². The highest BCUT2D eigenvalue weighted by molar-refractivity contribution is 9.11. The lowest BCUT2D eigenvalue weighted by Gasteiger charge is -2.20. The molecule has 0 amide bonds. The number of likely N-dealkylation sites (N-methyl/N-ethyl adjacent to an activating group) is 1. The van der Waals surface area contributed by atoms with Crippen molar-refractivity contribution in [1.82, 2.24) is 5.32 Å². The molecular weight excluding hydrogens is 342 g/mol. The van der Waals surface area contributed by atoms with Crippen LogP contribution in [-0.4, -0.2) is 6.54 Å². The zero-order valence-corrected chi connectivity index (χ0v) is 15.9. The average Bonchev–Trinajstić information content (AvgIpc) is 2.72. The summed E-state index contributed by atoms with van der Waals surface area (Å²) in [5, 5.41) is 3.65. The van der Waals surface area contributed by atoms with E-state index in [9.17, 15) is 0 Å². The van der Waals surface area contributed by atoms with Crippen LogP contribution in [0.3, 0.4) is 0 Å². The number of rotatable bonds is 5. The van der Waals surface area contributed by atoms with Crippen LogP contribution in [0.2, 0.25) is 0 Å². The lowest BCUT2D eigenvalue weighted by Crippen LogP contribution is -2.22. The highest BCUT2D eigenvalue weighted by Crippen LogP contribution is 2.33. The molecule has 0 aliphatic rings. The summed E-state index contributed by atoms with van der Waals surface area (Å²) in [5.41, 5.74) is 6.97. The summed E-state index contributed by atoms with van der Waals surface area (Å²) in [4.78, 5) is 1.42. The van der Waals surface area contributed by atoms with Crippen LogP contribution in [0.4, 0.5) is 0 Å². The molecule has 1 heterocycles. The first-order chi connectivity index (χ1) is 9.92. The van der Waals surface area contributed by atoms with E-state index in [0.717, 1.165) is 13.0 Å². The molecule has 1 nitrogen and oxygen atoms in total. The van der Waals surface area contributed by atoms with E-state index in [-0.39, 0.29) is 0 Å². The van der Waals surface area contributed by atoms with Crippen molar-refractivity contribution in [2.45, 2.75) is 47.1 Å². The summed E-state index contributed by atoms with van der Waals surface area (Å²) in [6.07, 6.45) is 1.05. The van der Waals surface area contributed by atoms with Crippen molar-refractivity contribution in [2.75, 3.05) is 6.54 Å². The van der Waals surface area contributed by atoms with Crippen LogP contribution in [0, 0.1) is 27.7 Å². The number of hydrogen-bond acceptors (Lipinski definition) is 2. The van der Waals surface area contributed by atoms with Gasteiger partial charge < -0.3 is 5.32 Å². The molecule has 0 spiro atoms. The minimum absolute atomic E-state index is 0.394. The van der Waals surface area contributed by atoms with Crippen LogP contribution in [-0.2, 0) is 6.42 Å². The van der Waals surface area contributed by atoms with Gasteiger partial charge in [-0.05, 0) is 84.9 Å². The second kappa shape index (κ2) is 7.08. The van der Waals surface area contributed by atoms with Crippen LogP contribution >= 0.6 is 27.3 Å². The van der Waals surface area contributed by atoms with E-state index in [1.165, 1.54) is 36.5 Å². The van der Waals surface area contributed by atoms with Gasteiger partial charge in [0.1, 0.15) is 0 Å². The van der Waals surface area contributed by atoms with E-state index in [2.05, 4.69) is 74.1 Å². The quantitative estimate of drug-likeness (QED) is 0.722. The number of nitrogens with one attached hydrogen (secondary N) is 1. The highest BCUT2D eigenvalue weighted by Gasteiger charge is 2.17. The summed E-state index contributed by atoms with van der Waals surface area (Å²) >= 11 is 5.50. The monoisotopic (exact) mass is 365 g/mol. The van der Waals surface area contributed by atoms with Gasteiger partial charge in [0.25, 0.3) is 0 Å². The maximum Gasteiger partial charge on any atom is 0.0731 e. The van der Waals surface area contributed by atoms with Crippen molar-refractivity contribution in [3.05, 3.63) is 54.7 Å². The summed E-state index contributed by atoms with van der Waals surface area (Å²) < 4.78 is 1.25. The van der Waals surface area contributed by atoms with Crippen LogP contribution in [0.1, 0.15) is 45.7 Å². The number of halogens is 1. The predicted octanol–water partition coefficient (Wildman–Crippen LogP) is 5.64. The molecule has 2 aromatic rings. The van der Waals surface area contributed by atoms with E-state index in [1.54, 1.807) is 0 Å². The molecule has 0 aliphatic heterocycles. The zero-order chi connectivity index (χ0) is 15.6. The number of hydrogen-bond donors (Lipinski definition) is 1. The van der Waals surface area contributed by atoms with Gasteiger partial charge >= 0.3 is 0 Å². The second-order valence-electron chi connectivity index (χ2n) is 5.80. The molecule has 1 aromatic heterocycles. The van der Waals surface area contributed by atoms with Gasteiger partial charge in [0.05, 0.1) is 3.79 Å². The summed E-state index contributed by atoms with van der Waals surface area (Å²) in [6, 6.07) is 7.29. The van der Waals surface area contributed by atoms with Gasteiger partial charge in [-0.15, -0.1) is 11.3 Å². The van der Waals surface area contributed by atoms with Crippen LogP contribution < -0.4 is 5.32 Å². The molecule has 0 radical (unpaired) electrons. The van der Waals surface area contributed by atoms with Gasteiger partial charge in [-0.1, -0.05) is 24.6 Å². The Morgan fingerprint density at radius 1 is 1.05 bits per heavy atom. The third-order valence-electron chi connectivity index (χ3n) is 3.92. The van der Waals surface area contributed by atoms with Crippen molar-refractivity contribution in [3.63, 3.8) is 0 Å². The molecule has 1 atom stereocenters. The molecule has 1 unspecified atom stereocenters. The fraction of sp³-hybridized carbons (Fsp3) is 0.444. The molecule has 3 heteroatoms. The minimum atomic E-state index is 0.394. The molecular formula is C18H24BrNS. The fourth-order valence-electron chi connectivity index (χ4n) is 2.91. The standard InChI is InChI=1S/C18H24BrNS/c1-6-20-16(17-9-14(5)18(19)21-17)10-15-12(3)7-11(2)8-13(15)4/h7-9,16,20H,6,10H2,1-5H3. The molecule has 0 saturated heterocycles. The van der Waals surface area contributed by atoms with Crippen molar-refractivity contribution in [3.8, 4) is 0 Å². The van der Waals surface area contributed by atoms with E-state index in [4.69, 9.17) is 0 Å². The fourth-order valence-corrected chi connectivity index (χ4v) is 4.56. The molecule has 0 aliphatic carbocycles.